The summed E-state index contributed by atoms with van der Waals surface area (Å²) >= 11 is 0. The van der Waals surface area contributed by atoms with E-state index in [4.69, 9.17) is 21.5 Å². The quantitative estimate of drug-likeness (QED) is 0.300. The average Bonchev–Trinajstić information content (AvgIpc) is 3.05. The lowest BCUT2D eigenvalue weighted by Crippen LogP contribution is -2.57. The molecule has 0 aromatic carbocycles. The van der Waals surface area contributed by atoms with Gasteiger partial charge in [0.15, 0.2) is 0 Å². The van der Waals surface area contributed by atoms with Crippen molar-refractivity contribution >= 4 is 23.3 Å². The molecule has 0 spiro atoms. The van der Waals surface area contributed by atoms with Gasteiger partial charge in [0.25, 0.3) is 10.2 Å². The average molecular weight is 406 g/mol. The molecule has 4 atom stereocenters. The minimum absolute atomic E-state index is 0.0266. The molecule has 0 aromatic rings. The monoisotopic (exact) mass is 406 g/mol. The molecular weight excluding hydrogens is 375 g/mol. The van der Waals surface area contributed by atoms with Gasteiger partial charge in [0.05, 0.1) is 0 Å². The van der Waals surface area contributed by atoms with Gasteiger partial charge in [-0.2, -0.15) is 17.0 Å². The van der Waals surface area contributed by atoms with Crippen molar-refractivity contribution in [3.63, 3.8) is 0 Å². The van der Waals surface area contributed by atoms with Gasteiger partial charge < -0.3 is 26.6 Å². The number of hydrogen-bond donors (Lipinski definition) is 5. The normalized spacial score (nSPS) is 32.1. The van der Waals surface area contributed by atoms with Gasteiger partial charge in [-0.05, 0) is 39.9 Å². The summed E-state index contributed by atoms with van der Waals surface area (Å²) in [7, 11) is -5.45. The molecule has 2 aliphatic rings. The molecule has 7 N–H and O–H groups in total. The Balaban J connectivity index is 2.25. The summed E-state index contributed by atoms with van der Waals surface area (Å²) in [6.07, 6.45) is 1.25. The van der Waals surface area contributed by atoms with Crippen molar-refractivity contribution in [2.75, 3.05) is 13.1 Å². The van der Waals surface area contributed by atoms with E-state index in [0.29, 0.717) is 12.8 Å². The maximum atomic E-state index is 13.3. The number of nitrogens with zero attached hydrogens (tertiary/aromatic N) is 2. The van der Waals surface area contributed by atoms with Crippen molar-refractivity contribution < 1.29 is 28.4 Å². The molecule has 2 fully saturated rings. The van der Waals surface area contributed by atoms with Gasteiger partial charge in [-0.1, -0.05) is 6.42 Å². The van der Waals surface area contributed by atoms with Crippen LogP contribution in [0.1, 0.15) is 40.0 Å². The van der Waals surface area contributed by atoms with Crippen molar-refractivity contribution in [2.24, 2.45) is 17.4 Å². The minimum atomic E-state index is -3.96. The van der Waals surface area contributed by atoms with Gasteiger partial charge in [-0.3, -0.25) is 4.79 Å². The predicted octanol–water partition coefficient (Wildman–Crippen LogP) is -1.60. The van der Waals surface area contributed by atoms with Crippen molar-refractivity contribution in [3.8, 4) is 0 Å². The van der Waals surface area contributed by atoms with E-state index in [1.165, 1.54) is 4.31 Å². The second-order valence-corrected chi connectivity index (χ2v) is 10.5. The zero-order valence-electron chi connectivity index (χ0n) is 16.1. The molecule has 2 rings (SSSR count). The van der Waals surface area contributed by atoms with Gasteiger partial charge >= 0.3 is 13.1 Å². The second kappa shape index (κ2) is 7.58. The molecule has 1 aliphatic heterocycles. The third-order valence-corrected chi connectivity index (χ3v) is 7.59. The molecule has 1 saturated carbocycles. The van der Waals surface area contributed by atoms with E-state index in [1.807, 2.05) is 0 Å². The Hall–Kier alpha value is -0.755. The molecule has 10 nitrogen and oxygen atoms in total. The maximum absolute atomic E-state index is 13.3. The van der Waals surface area contributed by atoms with Crippen LogP contribution in [0, 0.1) is 5.92 Å². The van der Waals surface area contributed by atoms with E-state index in [9.17, 15) is 18.3 Å². The number of carbonyl (C=O) groups is 1. The molecule has 0 bridgehead atoms. The van der Waals surface area contributed by atoms with Crippen LogP contribution in [0.5, 0.6) is 0 Å². The van der Waals surface area contributed by atoms with Crippen molar-refractivity contribution in [3.05, 3.63) is 0 Å². The Morgan fingerprint density at radius 1 is 1.37 bits per heavy atom. The summed E-state index contributed by atoms with van der Waals surface area (Å²) < 4.78 is 29.1. The minimum Gasteiger partial charge on any atom is -0.480 e. The number of carboxylic acids is 1. The third-order valence-electron chi connectivity index (χ3n) is 5.35. The van der Waals surface area contributed by atoms with Crippen LogP contribution in [0.2, 0.25) is 6.32 Å². The van der Waals surface area contributed by atoms with Gasteiger partial charge in [0.1, 0.15) is 5.54 Å². The Kier molecular flexibility index (Phi) is 6.33. The van der Waals surface area contributed by atoms with Crippen molar-refractivity contribution in [1.29, 1.82) is 0 Å². The first kappa shape index (κ1) is 22.5. The SMILES string of the molecule is CC(C)(C)N(C1CC1N)S(=O)(=O)N1C[C@H](CCCB(O)O)[C@](N)(C(=O)O)C1. The van der Waals surface area contributed by atoms with Gasteiger partial charge in [-0.25, -0.2) is 0 Å². The number of hydrogen-bond acceptors (Lipinski definition) is 7. The van der Waals surface area contributed by atoms with E-state index < -0.39 is 40.3 Å². The number of nitrogens with two attached hydrogens (primary N) is 2. The molecule has 1 saturated heterocycles. The lowest BCUT2D eigenvalue weighted by atomic mass is 9.78. The molecule has 0 amide bonds. The van der Waals surface area contributed by atoms with Crippen molar-refractivity contribution in [1.82, 2.24) is 8.61 Å². The van der Waals surface area contributed by atoms with Crippen LogP contribution in [0.15, 0.2) is 0 Å². The highest BCUT2D eigenvalue weighted by atomic mass is 32.2. The Morgan fingerprint density at radius 2 is 1.93 bits per heavy atom. The second-order valence-electron chi connectivity index (χ2n) is 8.69. The van der Waals surface area contributed by atoms with Crippen LogP contribution in [-0.2, 0) is 15.0 Å². The molecule has 1 aliphatic carbocycles. The highest BCUT2D eigenvalue weighted by Crippen LogP contribution is 2.39. The molecular formula is C15H31BN4O6S. The van der Waals surface area contributed by atoms with Gasteiger partial charge in [0.2, 0.25) is 0 Å². The van der Waals surface area contributed by atoms with Crippen LogP contribution in [0.25, 0.3) is 0 Å². The van der Waals surface area contributed by atoms with E-state index >= 15 is 0 Å². The maximum Gasteiger partial charge on any atom is 0.451 e. The first-order valence-electron chi connectivity index (χ1n) is 9.15. The first-order valence-corrected chi connectivity index (χ1v) is 10.5. The summed E-state index contributed by atoms with van der Waals surface area (Å²) in [6.45, 7) is 4.97. The fourth-order valence-electron chi connectivity index (χ4n) is 3.82. The zero-order valence-corrected chi connectivity index (χ0v) is 16.9. The number of aliphatic carboxylic acids is 1. The third kappa shape index (κ3) is 4.64. The number of carboxylic acid groups (broad SMARTS) is 1. The summed E-state index contributed by atoms with van der Waals surface area (Å²) in [6, 6.07) is -0.541. The molecule has 12 heteroatoms. The fourth-order valence-corrected chi connectivity index (χ4v) is 6.09. The molecule has 156 valence electrons. The number of rotatable bonds is 8. The molecule has 1 heterocycles. The highest BCUT2D eigenvalue weighted by molar-refractivity contribution is 7.86. The van der Waals surface area contributed by atoms with Crippen molar-refractivity contribution in [2.45, 2.75) is 69.5 Å². The Morgan fingerprint density at radius 3 is 2.33 bits per heavy atom. The van der Waals surface area contributed by atoms with E-state index in [1.54, 1.807) is 20.8 Å². The van der Waals surface area contributed by atoms with Crippen LogP contribution in [0.4, 0.5) is 0 Å². The first-order chi connectivity index (χ1) is 12.2. The summed E-state index contributed by atoms with van der Waals surface area (Å²) in [5, 5.41) is 27.6. The van der Waals surface area contributed by atoms with Crippen LogP contribution < -0.4 is 11.5 Å². The lowest BCUT2D eigenvalue weighted by Gasteiger charge is -2.37. The van der Waals surface area contributed by atoms with E-state index in [2.05, 4.69) is 0 Å². The van der Waals surface area contributed by atoms with Gasteiger partial charge in [0, 0.05) is 36.6 Å². The molecule has 27 heavy (non-hydrogen) atoms. The summed E-state index contributed by atoms with van der Waals surface area (Å²) in [5.41, 5.74) is 9.57. The standard InChI is InChI=1S/C15H31BN4O6S/c1-14(2,3)20(12-7-11(12)17)27(25,26)19-8-10(5-4-6-16(23)24)15(18,9-19)13(21)22/h10-12,23-24H,4-9,17-18H2,1-3H3,(H,21,22)/t10-,11?,12?,15-/m0/s1. The zero-order chi connectivity index (χ0) is 20.8. The highest BCUT2D eigenvalue weighted by Gasteiger charge is 2.57. The summed E-state index contributed by atoms with van der Waals surface area (Å²) in [4.78, 5) is 11.8. The largest absolute Gasteiger partial charge is 0.480 e. The van der Waals surface area contributed by atoms with E-state index in [0.717, 1.165) is 4.31 Å². The smallest absolute Gasteiger partial charge is 0.451 e. The summed E-state index contributed by atoms with van der Waals surface area (Å²) in [5.74, 6) is -1.89. The molecule has 0 radical (unpaired) electrons. The van der Waals surface area contributed by atoms with Crippen LogP contribution in [0.3, 0.4) is 0 Å². The fraction of sp³-hybridized carbons (Fsp3) is 0.933. The predicted molar refractivity (Wildman–Crippen MR) is 101 cm³/mol. The lowest BCUT2D eigenvalue weighted by molar-refractivity contribution is -0.144. The topological polar surface area (TPSA) is 170 Å². The van der Waals surface area contributed by atoms with E-state index in [-0.39, 0.29) is 37.9 Å². The Bertz CT molecular complexity index is 670. The van der Waals surface area contributed by atoms with Crippen LogP contribution in [-0.4, -0.2) is 81.5 Å². The van der Waals surface area contributed by atoms with Gasteiger partial charge in [-0.15, -0.1) is 0 Å². The molecule has 2 unspecified atom stereocenters. The Labute approximate surface area is 160 Å². The van der Waals surface area contributed by atoms with Crippen LogP contribution >= 0.6 is 0 Å². The molecule has 0 aromatic heterocycles.